The zero-order valence-corrected chi connectivity index (χ0v) is 8.23. The van der Waals surface area contributed by atoms with E-state index in [0.29, 0.717) is 5.92 Å². The second-order valence-corrected chi connectivity index (χ2v) is 4.19. The van der Waals surface area contributed by atoms with Gasteiger partial charge in [-0.25, -0.2) is 0 Å². The third kappa shape index (κ3) is 2.10. The predicted octanol–water partition coefficient (Wildman–Crippen LogP) is 1.70. The summed E-state index contributed by atoms with van der Waals surface area (Å²) in [6.07, 6.45) is 0. The molecule has 0 spiro atoms. The highest BCUT2D eigenvalue weighted by Gasteiger charge is 2.35. The van der Waals surface area contributed by atoms with Crippen LogP contribution in [0.2, 0.25) is 0 Å². The average molecular weight is 176 g/mol. The van der Waals surface area contributed by atoms with Crippen LogP contribution in [-0.4, -0.2) is 24.3 Å². The van der Waals surface area contributed by atoms with Crippen LogP contribution in [-0.2, 0) is 9.47 Å². The van der Waals surface area contributed by atoms with Crippen molar-refractivity contribution >= 4 is 12.6 Å². The standard InChI is InChI=1S/C8H16O2S/c1-6-4-9-8(3,7(2)11)10-5-6/h6-7,11H,4-5H2,1-3H3. The Morgan fingerprint density at radius 2 is 1.91 bits per heavy atom. The molecule has 1 atom stereocenters. The molecule has 0 radical (unpaired) electrons. The molecule has 0 saturated carbocycles. The first kappa shape index (κ1) is 9.36. The summed E-state index contributed by atoms with van der Waals surface area (Å²) in [4.78, 5) is 0. The van der Waals surface area contributed by atoms with Gasteiger partial charge in [0.05, 0.1) is 18.5 Å². The van der Waals surface area contributed by atoms with Gasteiger partial charge in [0.1, 0.15) is 0 Å². The summed E-state index contributed by atoms with van der Waals surface area (Å²) < 4.78 is 11.1. The summed E-state index contributed by atoms with van der Waals surface area (Å²) >= 11 is 4.31. The molecule has 0 amide bonds. The topological polar surface area (TPSA) is 18.5 Å². The van der Waals surface area contributed by atoms with Gasteiger partial charge >= 0.3 is 0 Å². The lowest BCUT2D eigenvalue weighted by molar-refractivity contribution is -0.268. The van der Waals surface area contributed by atoms with Crippen molar-refractivity contribution in [1.29, 1.82) is 0 Å². The average Bonchev–Trinajstić information content (AvgIpc) is 1.95. The number of rotatable bonds is 1. The zero-order valence-electron chi connectivity index (χ0n) is 7.33. The Morgan fingerprint density at radius 1 is 1.45 bits per heavy atom. The molecule has 1 saturated heterocycles. The molecular weight excluding hydrogens is 160 g/mol. The van der Waals surface area contributed by atoms with Gasteiger partial charge in [-0.15, -0.1) is 0 Å². The number of hydrogen-bond acceptors (Lipinski definition) is 3. The smallest absolute Gasteiger partial charge is 0.176 e. The second-order valence-electron chi connectivity index (χ2n) is 3.42. The molecule has 3 heteroatoms. The SMILES string of the molecule is CC1COC(C)(C(C)S)OC1. The van der Waals surface area contributed by atoms with E-state index >= 15 is 0 Å². The minimum Gasteiger partial charge on any atom is -0.349 e. The Bertz CT molecular complexity index is 128. The number of thiol groups is 1. The third-order valence-corrected chi connectivity index (χ3v) is 2.54. The maximum Gasteiger partial charge on any atom is 0.176 e. The van der Waals surface area contributed by atoms with Gasteiger partial charge in [-0.05, 0) is 13.8 Å². The van der Waals surface area contributed by atoms with E-state index in [0.717, 1.165) is 13.2 Å². The van der Waals surface area contributed by atoms with E-state index < -0.39 is 5.79 Å². The summed E-state index contributed by atoms with van der Waals surface area (Å²) in [5.41, 5.74) is 0. The fraction of sp³-hybridized carbons (Fsp3) is 1.00. The molecule has 11 heavy (non-hydrogen) atoms. The van der Waals surface area contributed by atoms with Gasteiger partial charge in [0.15, 0.2) is 5.79 Å². The highest BCUT2D eigenvalue weighted by atomic mass is 32.1. The van der Waals surface area contributed by atoms with Crippen molar-refractivity contribution in [3.63, 3.8) is 0 Å². The molecule has 1 fully saturated rings. The Morgan fingerprint density at radius 3 is 2.27 bits per heavy atom. The Labute approximate surface area is 73.7 Å². The van der Waals surface area contributed by atoms with E-state index in [-0.39, 0.29) is 5.25 Å². The normalized spacial score (nSPS) is 42.0. The van der Waals surface area contributed by atoms with E-state index in [2.05, 4.69) is 19.6 Å². The quantitative estimate of drug-likeness (QED) is 0.613. The monoisotopic (exact) mass is 176 g/mol. The van der Waals surface area contributed by atoms with E-state index in [9.17, 15) is 0 Å². The minimum atomic E-state index is -0.477. The molecule has 0 aromatic carbocycles. The van der Waals surface area contributed by atoms with Gasteiger partial charge in [0, 0.05) is 5.92 Å². The zero-order chi connectivity index (χ0) is 8.48. The third-order valence-electron chi connectivity index (χ3n) is 2.07. The van der Waals surface area contributed by atoms with Crippen molar-refractivity contribution in [3.05, 3.63) is 0 Å². The van der Waals surface area contributed by atoms with Gasteiger partial charge in [-0.1, -0.05) is 6.92 Å². The van der Waals surface area contributed by atoms with E-state index in [4.69, 9.17) is 9.47 Å². The van der Waals surface area contributed by atoms with Crippen LogP contribution in [0.4, 0.5) is 0 Å². The van der Waals surface area contributed by atoms with Crippen molar-refractivity contribution < 1.29 is 9.47 Å². The number of hydrogen-bond donors (Lipinski definition) is 1. The van der Waals surface area contributed by atoms with Gasteiger partial charge in [-0.3, -0.25) is 0 Å². The maximum absolute atomic E-state index is 5.54. The Kier molecular flexibility index (Phi) is 2.84. The fourth-order valence-electron chi connectivity index (χ4n) is 0.946. The lowest BCUT2D eigenvalue weighted by Crippen LogP contribution is -2.46. The minimum absolute atomic E-state index is 0.120. The predicted molar refractivity (Wildman–Crippen MR) is 47.9 cm³/mol. The van der Waals surface area contributed by atoms with Crippen LogP contribution < -0.4 is 0 Å². The van der Waals surface area contributed by atoms with Crippen LogP contribution in [0.3, 0.4) is 0 Å². The molecule has 66 valence electrons. The molecule has 0 bridgehead atoms. The molecule has 2 nitrogen and oxygen atoms in total. The van der Waals surface area contributed by atoms with Crippen molar-refractivity contribution in [2.45, 2.75) is 31.8 Å². The van der Waals surface area contributed by atoms with Crippen LogP contribution in [0.25, 0.3) is 0 Å². The summed E-state index contributed by atoms with van der Waals surface area (Å²) in [7, 11) is 0. The lowest BCUT2D eigenvalue weighted by atomic mass is 10.1. The van der Waals surface area contributed by atoms with Crippen molar-refractivity contribution in [1.82, 2.24) is 0 Å². The molecule has 1 aliphatic rings. The second kappa shape index (κ2) is 3.33. The molecule has 0 N–H and O–H groups in total. The van der Waals surface area contributed by atoms with Crippen LogP contribution in [0, 0.1) is 5.92 Å². The van der Waals surface area contributed by atoms with Gasteiger partial charge < -0.3 is 9.47 Å². The molecule has 0 aromatic rings. The molecule has 1 unspecified atom stereocenters. The molecule has 1 heterocycles. The first-order chi connectivity index (χ1) is 5.04. The first-order valence-electron chi connectivity index (χ1n) is 4.00. The molecule has 1 aliphatic heterocycles. The van der Waals surface area contributed by atoms with Gasteiger partial charge in [0.2, 0.25) is 0 Å². The van der Waals surface area contributed by atoms with Crippen LogP contribution >= 0.6 is 12.6 Å². The van der Waals surface area contributed by atoms with Crippen molar-refractivity contribution in [2.24, 2.45) is 5.92 Å². The van der Waals surface area contributed by atoms with Gasteiger partial charge in [-0.2, -0.15) is 12.6 Å². The molecule has 1 rings (SSSR count). The molecule has 0 aliphatic carbocycles. The number of ether oxygens (including phenoxy) is 2. The Hall–Kier alpha value is 0.270. The highest BCUT2D eigenvalue weighted by molar-refractivity contribution is 7.81. The lowest BCUT2D eigenvalue weighted by Gasteiger charge is -2.38. The van der Waals surface area contributed by atoms with E-state index in [1.165, 1.54) is 0 Å². The van der Waals surface area contributed by atoms with Crippen LogP contribution in [0.5, 0.6) is 0 Å². The molecule has 0 aromatic heterocycles. The van der Waals surface area contributed by atoms with Crippen molar-refractivity contribution in [3.8, 4) is 0 Å². The van der Waals surface area contributed by atoms with E-state index in [1.54, 1.807) is 0 Å². The Balaban J connectivity index is 2.48. The maximum atomic E-state index is 5.54. The largest absolute Gasteiger partial charge is 0.349 e. The summed E-state index contributed by atoms with van der Waals surface area (Å²) in [6.45, 7) is 7.60. The first-order valence-corrected chi connectivity index (χ1v) is 4.52. The van der Waals surface area contributed by atoms with Crippen LogP contribution in [0.1, 0.15) is 20.8 Å². The van der Waals surface area contributed by atoms with Crippen molar-refractivity contribution in [2.75, 3.05) is 13.2 Å². The molecular formula is C8H16O2S. The summed E-state index contributed by atoms with van der Waals surface area (Å²) in [5, 5.41) is 0.120. The highest BCUT2D eigenvalue weighted by Crippen LogP contribution is 2.27. The van der Waals surface area contributed by atoms with Gasteiger partial charge in [0.25, 0.3) is 0 Å². The van der Waals surface area contributed by atoms with E-state index in [1.807, 2.05) is 13.8 Å². The summed E-state index contributed by atoms with van der Waals surface area (Å²) in [5.74, 6) is 0.0328. The van der Waals surface area contributed by atoms with Crippen LogP contribution in [0.15, 0.2) is 0 Å². The fourth-order valence-corrected chi connectivity index (χ4v) is 1.10. The summed E-state index contributed by atoms with van der Waals surface area (Å²) in [6, 6.07) is 0.